The summed E-state index contributed by atoms with van der Waals surface area (Å²) in [6.45, 7) is 10.8. The summed E-state index contributed by atoms with van der Waals surface area (Å²) >= 11 is 8.78. The standard InChI is InChI=1S/C12H19BrN2S/c1-7(2)6-8-9(13)10(16)15-11(14-8)12(3,4)5/h7H,6H2,1-5H3,(H,14,15,16). The maximum absolute atomic E-state index is 5.27. The average molecular weight is 303 g/mol. The third-order valence-corrected chi connectivity index (χ3v) is 3.67. The first-order chi connectivity index (χ1) is 7.21. The lowest BCUT2D eigenvalue weighted by Gasteiger charge is -2.19. The van der Waals surface area contributed by atoms with Crippen molar-refractivity contribution in [1.82, 2.24) is 9.97 Å². The van der Waals surface area contributed by atoms with Gasteiger partial charge in [-0.1, -0.05) is 46.8 Å². The fourth-order valence-electron chi connectivity index (χ4n) is 1.41. The Morgan fingerprint density at radius 2 is 1.94 bits per heavy atom. The van der Waals surface area contributed by atoms with Gasteiger partial charge in [-0.25, -0.2) is 4.98 Å². The molecule has 0 aliphatic carbocycles. The molecule has 16 heavy (non-hydrogen) atoms. The summed E-state index contributed by atoms with van der Waals surface area (Å²) < 4.78 is 1.59. The highest BCUT2D eigenvalue weighted by molar-refractivity contribution is 9.10. The van der Waals surface area contributed by atoms with Gasteiger partial charge >= 0.3 is 0 Å². The summed E-state index contributed by atoms with van der Waals surface area (Å²) in [6.07, 6.45) is 0.982. The summed E-state index contributed by atoms with van der Waals surface area (Å²) in [6, 6.07) is 0. The molecule has 1 rings (SSSR count). The quantitative estimate of drug-likeness (QED) is 0.820. The summed E-state index contributed by atoms with van der Waals surface area (Å²) in [4.78, 5) is 7.82. The van der Waals surface area contributed by atoms with Gasteiger partial charge in [-0.3, -0.25) is 0 Å². The molecule has 0 aliphatic heterocycles. The van der Waals surface area contributed by atoms with Gasteiger partial charge in [0.2, 0.25) is 0 Å². The smallest absolute Gasteiger partial charge is 0.144 e. The van der Waals surface area contributed by atoms with Crippen LogP contribution in [-0.4, -0.2) is 9.97 Å². The van der Waals surface area contributed by atoms with Gasteiger partial charge in [-0.05, 0) is 28.3 Å². The van der Waals surface area contributed by atoms with Crippen LogP contribution in [0.15, 0.2) is 4.47 Å². The Hall–Kier alpha value is -0.220. The van der Waals surface area contributed by atoms with Crippen LogP contribution in [0.5, 0.6) is 0 Å². The molecule has 0 aromatic carbocycles. The lowest BCUT2D eigenvalue weighted by molar-refractivity contribution is 0.532. The van der Waals surface area contributed by atoms with Crippen molar-refractivity contribution in [2.45, 2.75) is 46.5 Å². The van der Waals surface area contributed by atoms with Crippen molar-refractivity contribution in [1.29, 1.82) is 0 Å². The number of aromatic amines is 1. The number of halogens is 1. The maximum atomic E-state index is 5.27. The van der Waals surface area contributed by atoms with E-state index in [9.17, 15) is 0 Å². The number of aromatic nitrogens is 2. The van der Waals surface area contributed by atoms with Crippen molar-refractivity contribution in [3.8, 4) is 0 Å². The molecule has 0 amide bonds. The molecule has 0 atom stereocenters. The molecule has 2 nitrogen and oxygen atoms in total. The van der Waals surface area contributed by atoms with Crippen molar-refractivity contribution < 1.29 is 0 Å². The zero-order valence-corrected chi connectivity index (χ0v) is 12.9. The zero-order chi connectivity index (χ0) is 12.5. The van der Waals surface area contributed by atoms with E-state index in [2.05, 4.69) is 60.5 Å². The first kappa shape index (κ1) is 13.8. The van der Waals surface area contributed by atoms with E-state index < -0.39 is 0 Å². The molecule has 1 aromatic heterocycles. The molecule has 1 N–H and O–H groups in total. The third-order valence-electron chi connectivity index (χ3n) is 2.26. The Labute approximate surface area is 111 Å². The van der Waals surface area contributed by atoms with Crippen molar-refractivity contribution in [3.63, 3.8) is 0 Å². The normalized spacial score (nSPS) is 12.2. The van der Waals surface area contributed by atoms with Crippen molar-refractivity contribution >= 4 is 28.1 Å². The second-order valence-electron chi connectivity index (χ2n) is 5.53. The predicted octanol–water partition coefficient (Wildman–Crippen LogP) is 4.40. The van der Waals surface area contributed by atoms with E-state index in [1.165, 1.54) is 0 Å². The lowest BCUT2D eigenvalue weighted by Crippen LogP contribution is -2.18. The molecule has 90 valence electrons. The molecule has 1 heterocycles. The fraction of sp³-hybridized carbons (Fsp3) is 0.667. The first-order valence-electron chi connectivity index (χ1n) is 5.51. The van der Waals surface area contributed by atoms with Crippen molar-refractivity contribution in [2.24, 2.45) is 5.92 Å². The lowest BCUT2D eigenvalue weighted by atomic mass is 9.95. The Morgan fingerprint density at radius 3 is 2.38 bits per heavy atom. The number of H-pyrrole nitrogens is 1. The molecule has 0 unspecified atom stereocenters. The summed E-state index contributed by atoms with van der Waals surface area (Å²) in [7, 11) is 0. The van der Waals surface area contributed by atoms with Crippen LogP contribution in [0.3, 0.4) is 0 Å². The second-order valence-corrected chi connectivity index (χ2v) is 6.71. The van der Waals surface area contributed by atoms with Gasteiger partial charge in [0.05, 0.1) is 4.47 Å². The number of nitrogens with zero attached hydrogens (tertiary/aromatic N) is 1. The Morgan fingerprint density at radius 1 is 1.38 bits per heavy atom. The molecule has 0 spiro atoms. The maximum Gasteiger partial charge on any atom is 0.144 e. The molecular formula is C12H19BrN2S. The molecule has 1 aromatic rings. The van der Waals surface area contributed by atoms with Crippen LogP contribution in [-0.2, 0) is 11.8 Å². The molecule has 0 radical (unpaired) electrons. The van der Waals surface area contributed by atoms with Crippen LogP contribution >= 0.6 is 28.1 Å². The number of hydrogen-bond donors (Lipinski definition) is 1. The Kier molecular flexibility index (Phi) is 4.29. The molecule has 0 saturated heterocycles. The van der Waals surface area contributed by atoms with Crippen LogP contribution in [0.2, 0.25) is 0 Å². The number of rotatable bonds is 2. The van der Waals surface area contributed by atoms with E-state index in [0.717, 1.165) is 22.4 Å². The summed E-state index contributed by atoms with van der Waals surface area (Å²) in [5.41, 5.74) is 1.15. The SMILES string of the molecule is CC(C)Cc1[nH]c(C(C)(C)C)nc(=S)c1Br. The molecule has 4 heteroatoms. The van der Waals surface area contributed by atoms with Gasteiger partial charge in [0.25, 0.3) is 0 Å². The van der Waals surface area contributed by atoms with Crippen molar-refractivity contribution in [3.05, 3.63) is 20.6 Å². The topological polar surface area (TPSA) is 28.7 Å². The van der Waals surface area contributed by atoms with Crippen LogP contribution in [0, 0.1) is 10.6 Å². The van der Waals surface area contributed by atoms with E-state index in [0.29, 0.717) is 10.6 Å². The average Bonchev–Trinajstić information content (AvgIpc) is 2.10. The summed E-state index contributed by atoms with van der Waals surface area (Å²) in [5.74, 6) is 1.55. The zero-order valence-electron chi connectivity index (χ0n) is 10.5. The van der Waals surface area contributed by atoms with Crippen LogP contribution in [0.4, 0.5) is 0 Å². The minimum Gasteiger partial charge on any atom is -0.346 e. The van der Waals surface area contributed by atoms with Crippen molar-refractivity contribution in [2.75, 3.05) is 0 Å². The largest absolute Gasteiger partial charge is 0.346 e. The highest BCUT2D eigenvalue weighted by atomic mass is 79.9. The van der Waals surface area contributed by atoms with Crippen LogP contribution in [0.25, 0.3) is 0 Å². The number of hydrogen-bond acceptors (Lipinski definition) is 2. The molecular weight excluding hydrogens is 284 g/mol. The molecule has 0 fully saturated rings. The molecule has 0 bridgehead atoms. The van der Waals surface area contributed by atoms with E-state index in [1.54, 1.807) is 0 Å². The van der Waals surface area contributed by atoms with E-state index in [4.69, 9.17) is 12.2 Å². The van der Waals surface area contributed by atoms with Gasteiger partial charge in [0.15, 0.2) is 0 Å². The van der Waals surface area contributed by atoms with Gasteiger partial charge in [0.1, 0.15) is 10.5 Å². The van der Waals surface area contributed by atoms with E-state index in [-0.39, 0.29) is 5.41 Å². The highest BCUT2D eigenvalue weighted by Gasteiger charge is 2.18. The van der Waals surface area contributed by atoms with Crippen LogP contribution in [0.1, 0.15) is 46.1 Å². The molecule has 0 saturated carbocycles. The Bertz CT molecular complexity index is 430. The van der Waals surface area contributed by atoms with Gasteiger partial charge in [0, 0.05) is 11.1 Å². The minimum atomic E-state index is -0.0000104. The van der Waals surface area contributed by atoms with Gasteiger partial charge in [-0.2, -0.15) is 0 Å². The predicted molar refractivity (Wildman–Crippen MR) is 74.4 cm³/mol. The minimum absolute atomic E-state index is 0.0000104. The monoisotopic (exact) mass is 302 g/mol. The third kappa shape index (κ3) is 3.39. The second kappa shape index (κ2) is 4.96. The van der Waals surface area contributed by atoms with Gasteiger partial charge in [-0.15, -0.1) is 0 Å². The number of nitrogens with one attached hydrogen (secondary N) is 1. The molecule has 0 aliphatic rings. The summed E-state index contributed by atoms with van der Waals surface area (Å²) in [5, 5.41) is 0. The van der Waals surface area contributed by atoms with E-state index in [1.807, 2.05) is 0 Å². The van der Waals surface area contributed by atoms with Gasteiger partial charge < -0.3 is 4.98 Å². The Balaban J connectivity index is 3.28. The first-order valence-corrected chi connectivity index (χ1v) is 6.71. The van der Waals surface area contributed by atoms with Crippen LogP contribution < -0.4 is 0 Å². The highest BCUT2D eigenvalue weighted by Crippen LogP contribution is 2.24. The van der Waals surface area contributed by atoms with E-state index >= 15 is 0 Å². The fourth-order valence-corrected chi connectivity index (χ4v) is 1.97.